The van der Waals surface area contributed by atoms with Gasteiger partial charge in [-0.1, -0.05) is 62.0 Å². The van der Waals surface area contributed by atoms with Gasteiger partial charge in [0.25, 0.3) is 5.91 Å². The van der Waals surface area contributed by atoms with Crippen molar-refractivity contribution in [3.8, 4) is 0 Å². The fraction of sp³-hybridized carbons (Fsp3) is 0.375. The monoisotopic (exact) mass is 409 g/mol. The van der Waals surface area contributed by atoms with E-state index in [9.17, 15) is 4.79 Å². The molecule has 0 unspecified atom stereocenters. The Morgan fingerprint density at radius 1 is 1.10 bits per heavy atom. The van der Waals surface area contributed by atoms with Crippen LogP contribution < -0.4 is 10.0 Å². The summed E-state index contributed by atoms with van der Waals surface area (Å²) in [6.45, 7) is 8.27. The summed E-state index contributed by atoms with van der Waals surface area (Å²) in [6, 6.07) is 16.3. The third-order valence-corrected chi connectivity index (χ3v) is 6.12. The zero-order valence-electron chi connectivity index (χ0n) is 17.8. The Labute approximate surface area is 178 Å². The molecule has 1 amide bonds. The van der Waals surface area contributed by atoms with Gasteiger partial charge in [-0.15, -0.1) is 0 Å². The van der Waals surface area contributed by atoms with E-state index in [1.54, 1.807) is 11.9 Å². The molecular formula is C24H31N3OS. The molecule has 1 aromatic heterocycles. The molecule has 0 spiro atoms. The van der Waals surface area contributed by atoms with E-state index in [0.29, 0.717) is 5.69 Å². The second-order valence-corrected chi connectivity index (χ2v) is 8.89. The van der Waals surface area contributed by atoms with Gasteiger partial charge in [0, 0.05) is 22.3 Å². The van der Waals surface area contributed by atoms with E-state index in [4.69, 9.17) is 0 Å². The molecule has 2 aromatic carbocycles. The van der Waals surface area contributed by atoms with E-state index in [2.05, 4.69) is 34.1 Å². The second-order valence-electron chi connectivity index (χ2n) is 7.99. The summed E-state index contributed by atoms with van der Waals surface area (Å²) >= 11 is 1.74. The number of carbonyl (C=O) groups excluding carboxylic acids is 1. The molecule has 3 rings (SSSR count). The van der Waals surface area contributed by atoms with Crippen molar-refractivity contribution in [3.05, 3.63) is 65.4 Å². The van der Waals surface area contributed by atoms with Crippen molar-refractivity contribution in [2.45, 2.75) is 52.5 Å². The highest BCUT2D eigenvalue weighted by Gasteiger charge is 2.25. The quantitative estimate of drug-likeness (QED) is 0.283. The minimum atomic E-state index is -0.454. The summed E-state index contributed by atoms with van der Waals surface area (Å²) in [5, 5.41) is 4.24. The molecule has 1 heterocycles. The van der Waals surface area contributed by atoms with Crippen molar-refractivity contribution >= 4 is 34.4 Å². The van der Waals surface area contributed by atoms with E-state index in [1.165, 1.54) is 19.3 Å². The van der Waals surface area contributed by atoms with E-state index < -0.39 is 5.54 Å². The summed E-state index contributed by atoms with van der Waals surface area (Å²) in [7, 11) is 0. The van der Waals surface area contributed by atoms with Crippen LogP contribution in [-0.4, -0.2) is 16.6 Å². The maximum atomic E-state index is 13.0. The molecular weight excluding hydrogens is 378 g/mol. The minimum Gasteiger partial charge on any atom is -0.350 e. The van der Waals surface area contributed by atoms with Crippen molar-refractivity contribution < 1.29 is 4.79 Å². The van der Waals surface area contributed by atoms with E-state index in [-0.39, 0.29) is 5.91 Å². The van der Waals surface area contributed by atoms with Gasteiger partial charge in [-0.2, -0.15) is 0 Å². The van der Waals surface area contributed by atoms with Crippen molar-refractivity contribution in [1.29, 1.82) is 0 Å². The summed E-state index contributed by atoms with van der Waals surface area (Å²) in [6.07, 6.45) is 3.73. The zero-order chi connectivity index (χ0) is 20.9. The molecule has 0 fully saturated rings. The van der Waals surface area contributed by atoms with Crippen LogP contribution in [0.1, 0.15) is 61.6 Å². The van der Waals surface area contributed by atoms with Crippen molar-refractivity contribution in [1.82, 2.24) is 10.3 Å². The first-order valence-corrected chi connectivity index (χ1v) is 11.3. The fourth-order valence-electron chi connectivity index (χ4n) is 3.45. The lowest BCUT2D eigenvalue weighted by Crippen LogP contribution is -2.41. The molecule has 3 N–H and O–H groups in total. The van der Waals surface area contributed by atoms with Crippen LogP contribution in [-0.2, 0) is 5.54 Å². The third-order valence-electron chi connectivity index (χ3n) is 5.25. The molecule has 0 saturated heterocycles. The van der Waals surface area contributed by atoms with Gasteiger partial charge < -0.3 is 15.0 Å². The molecule has 0 atom stereocenters. The Morgan fingerprint density at radius 2 is 1.86 bits per heavy atom. The Balaban J connectivity index is 1.74. The van der Waals surface area contributed by atoms with Gasteiger partial charge >= 0.3 is 0 Å². The van der Waals surface area contributed by atoms with E-state index >= 15 is 0 Å². The summed E-state index contributed by atoms with van der Waals surface area (Å²) in [4.78, 5) is 16.3. The van der Waals surface area contributed by atoms with Crippen LogP contribution in [0.5, 0.6) is 0 Å². The minimum absolute atomic E-state index is 0.0870. The van der Waals surface area contributed by atoms with Crippen LogP contribution in [0, 0.1) is 6.92 Å². The van der Waals surface area contributed by atoms with Gasteiger partial charge in [-0.3, -0.25) is 4.79 Å². The smallest absolute Gasteiger partial charge is 0.268 e. The zero-order valence-corrected chi connectivity index (χ0v) is 18.6. The number of hydrogen-bond donors (Lipinski definition) is 3. The molecule has 0 aliphatic heterocycles. The van der Waals surface area contributed by atoms with Gasteiger partial charge in [0.15, 0.2) is 0 Å². The number of aromatic amines is 1. The molecule has 3 aromatic rings. The first-order valence-electron chi connectivity index (χ1n) is 10.3. The van der Waals surface area contributed by atoms with Crippen molar-refractivity contribution in [2.75, 3.05) is 10.5 Å². The van der Waals surface area contributed by atoms with Gasteiger partial charge in [0.2, 0.25) is 0 Å². The van der Waals surface area contributed by atoms with Gasteiger partial charge in [-0.25, -0.2) is 0 Å². The molecule has 0 aliphatic rings. The Hall–Kier alpha value is -2.40. The highest BCUT2D eigenvalue weighted by molar-refractivity contribution is 8.00. The summed E-state index contributed by atoms with van der Waals surface area (Å²) < 4.78 is 3.42. The Kier molecular flexibility index (Phi) is 6.91. The topological polar surface area (TPSA) is 56.9 Å². The molecule has 0 saturated carbocycles. The first-order chi connectivity index (χ1) is 13.9. The number of aromatic nitrogens is 1. The van der Waals surface area contributed by atoms with E-state index in [1.807, 2.05) is 57.2 Å². The van der Waals surface area contributed by atoms with Gasteiger partial charge in [0.1, 0.15) is 5.69 Å². The highest BCUT2D eigenvalue weighted by Crippen LogP contribution is 2.27. The number of aryl methyl sites for hydroxylation is 1. The predicted molar refractivity (Wildman–Crippen MR) is 126 cm³/mol. The SMILES string of the molecule is CCCCCSNc1ccc2[nH]c(C(=O)NC(C)(C)c3ccccc3)c(C)c2c1. The van der Waals surface area contributed by atoms with Crippen LogP contribution >= 0.6 is 11.9 Å². The largest absolute Gasteiger partial charge is 0.350 e. The number of nitrogens with one attached hydrogen (secondary N) is 3. The highest BCUT2D eigenvalue weighted by atomic mass is 32.2. The first kappa shape index (κ1) is 21.3. The number of unbranched alkanes of at least 4 members (excludes halogenated alkanes) is 2. The Morgan fingerprint density at radius 3 is 2.59 bits per heavy atom. The number of hydrogen-bond acceptors (Lipinski definition) is 3. The van der Waals surface area contributed by atoms with Gasteiger partial charge in [-0.05, 0) is 56.5 Å². The molecule has 0 bridgehead atoms. The average molecular weight is 410 g/mol. The van der Waals surface area contributed by atoms with Crippen molar-refractivity contribution in [2.24, 2.45) is 0 Å². The van der Waals surface area contributed by atoms with Crippen LogP contribution in [0.2, 0.25) is 0 Å². The number of carbonyl (C=O) groups is 1. The van der Waals surface area contributed by atoms with Crippen LogP contribution in [0.3, 0.4) is 0 Å². The molecule has 29 heavy (non-hydrogen) atoms. The number of fused-ring (bicyclic) bond motifs is 1. The van der Waals surface area contributed by atoms with Crippen LogP contribution in [0.15, 0.2) is 48.5 Å². The lowest BCUT2D eigenvalue weighted by atomic mass is 9.94. The summed E-state index contributed by atoms with van der Waals surface area (Å²) in [5.74, 6) is 1.01. The van der Waals surface area contributed by atoms with Gasteiger partial charge in [0.05, 0.1) is 5.54 Å². The average Bonchev–Trinajstić information content (AvgIpc) is 3.04. The fourth-order valence-corrected chi connectivity index (χ4v) is 4.19. The number of anilines is 1. The molecule has 0 radical (unpaired) electrons. The molecule has 154 valence electrons. The van der Waals surface area contributed by atoms with Crippen LogP contribution in [0.25, 0.3) is 10.9 Å². The number of amides is 1. The maximum Gasteiger partial charge on any atom is 0.268 e. The maximum absolute atomic E-state index is 13.0. The second kappa shape index (κ2) is 9.40. The van der Waals surface area contributed by atoms with Crippen molar-refractivity contribution in [3.63, 3.8) is 0 Å². The standard InChI is InChI=1S/C24H31N3OS/c1-5-6-10-15-29-27-19-13-14-21-20(16-19)17(2)22(25-21)23(28)26-24(3,4)18-11-8-7-9-12-18/h7-9,11-14,16,25,27H,5-6,10,15H2,1-4H3,(H,26,28). The number of rotatable bonds is 9. The number of benzene rings is 2. The summed E-state index contributed by atoms with van der Waals surface area (Å²) in [5.41, 5.74) is 4.26. The molecule has 0 aliphatic carbocycles. The lowest BCUT2D eigenvalue weighted by Gasteiger charge is -2.26. The number of H-pyrrole nitrogens is 1. The van der Waals surface area contributed by atoms with E-state index in [0.717, 1.165) is 33.5 Å². The molecule has 4 nitrogen and oxygen atoms in total. The third kappa shape index (κ3) is 5.15. The predicted octanol–water partition coefficient (Wildman–Crippen LogP) is 6.39. The normalized spacial score (nSPS) is 11.6. The molecule has 5 heteroatoms. The lowest BCUT2D eigenvalue weighted by molar-refractivity contribution is 0.0907. The van der Waals surface area contributed by atoms with Crippen LogP contribution in [0.4, 0.5) is 5.69 Å². The Bertz CT molecular complexity index is 963.